The molecular formula is C61H78N2O5S. The topological polar surface area (TPSA) is 72.4 Å². The third-order valence-electron chi connectivity index (χ3n) is 13.0. The van der Waals surface area contributed by atoms with Gasteiger partial charge in [-0.2, -0.15) is 11.8 Å². The van der Waals surface area contributed by atoms with E-state index in [4.69, 9.17) is 18.9 Å². The molecule has 7 nitrogen and oxygen atoms in total. The quantitative estimate of drug-likeness (QED) is 0.0433. The number of nitrogens with zero attached hydrogens (tertiary/aromatic N) is 1. The van der Waals surface area contributed by atoms with Gasteiger partial charge >= 0.3 is 0 Å². The summed E-state index contributed by atoms with van der Waals surface area (Å²) in [7, 11) is 0. The normalized spacial score (nSPS) is 12.7. The van der Waals surface area contributed by atoms with Crippen molar-refractivity contribution in [2.75, 3.05) is 44.9 Å². The van der Waals surface area contributed by atoms with Crippen LogP contribution in [0.25, 0.3) is 0 Å². The predicted molar refractivity (Wildman–Crippen MR) is 288 cm³/mol. The molecule has 0 aromatic heterocycles. The van der Waals surface area contributed by atoms with Crippen molar-refractivity contribution in [1.82, 2.24) is 10.2 Å². The Morgan fingerprint density at radius 2 is 1.25 bits per heavy atom. The summed E-state index contributed by atoms with van der Waals surface area (Å²) in [6.45, 7) is 18.1. The number of thioether (sulfide) groups is 1. The highest BCUT2D eigenvalue weighted by atomic mass is 32.2. The van der Waals surface area contributed by atoms with E-state index in [1.54, 1.807) is 0 Å². The lowest BCUT2D eigenvalue weighted by Crippen LogP contribution is -2.38. The molecule has 368 valence electrons. The number of nitrogens with one attached hydrogen (secondary N) is 1. The van der Waals surface area contributed by atoms with Crippen LogP contribution in [0.5, 0.6) is 17.2 Å². The number of hydrogen-bond acceptors (Lipinski definition) is 8. The summed E-state index contributed by atoms with van der Waals surface area (Å²) < 4.78 is 25.7. The first-order valence-corrected chi connectivity index (χ1v) is 26.5. The highest BCUT2D eigenvalue weighted by Crippen LogP contribution is 2.37. The lowest BCUT2D eigenvalue weighted by Gasteiger charge is -2.32. The van der Waals surface area contributed by atoms with Crippen LogP contribution >= 0.6 is 11.8 Å². The van der Waals surface area contributed by atoms with E-state index in [9.17, 15) is 5.11 Å². The lowest BCUT2D eigenvalue weighted by molar-refractivity contribution is -0.0263. The molecule has 0 heterocycles. The fraction of sp³-hybridized carbons (Fsp3) is 0.410. The molecule has 0 unspecified atom stereocenters. The summed E-state index contributed by atoms with van der Waals surface area (Å²) in [5, 5.41) is 14.1. The Morgan fingerprint density at radius 1 is 0.638 bits per heavy atom. The van der Waals surface area contributed by atoms with Crippen molar-refractivity contribution in [2.45, 2.75) is 117 Å². The zero-order valence-corrected chi connectivity index (χ0v) is 43.2. The van der Waals surface area contributed by atoms with Crippen molar-refractivity contribution in [1.29, 1.82) is 0 Å². The van der Waals surface area contributed by atoms with Crippen molar-refractivity contribution >= 4 is 11.8 Å². The number of hydrogen-bond donors (Lipinski definition) is 2. The molecule has 6 aromatic rings. The van der Waals surface area contributed by atoms with Gasteiger partial charge in [0.1, 0.15) is 30.5 Å². The fourth-order valence-electron chi connectivity index (χ4n) is 8.89. The standard InChI is InChI=1S/C61H78N2O5S/c1-46(2)63(47(3)4)36-32-57(52-21-15-10-16-22-52)58-39-49(25-29-60(58)67-44-51-19-13-9-14-20-51)33-37-65-56-27-23-48(24-28-56)31-35-62-41-55(45-68-61(5,6)34-38-69-7)53-26-30-59(54(40-53)42-64)66-43-50-17-11-8-12-18-50/h8-30,39-40,46-47,55,57,62,64H,31-38,41-45H2,1-7H3/t55-,57-/m1/s1. The molecule has 0 fully saturated rings. The highest BCUT2D eigenvalue weighted by molar-refractivity contribution is 7.98. The zero-order chi connectivity index (χ0) is 48.9. The minimum atomic E-state index is -0.233. The van der Waals surface area contributed by atoms with E-state index in [0.717, 1.165) is 84.8 Å². The number of aliphatic hydroxyl groups excluding tert-OH is 1. The summed E-state index contributed by atoms with van der Waals surface area (Å²) in [6, 6.07) is 53.8. The SMILES string of the molecule is CSCCC(C)(C)OC[C@@H](CNCCc1ccc(OCCc2ccc(OCc3ccccc3)c([C@H](CCN(C(C)C)C(C)C)c3ccccc3)c2)cc1)c1ccc(OCc2ccccc2)c(CO)c1. The number of benzene rings is 6. The van der Waals surface area contributed by atoms with Crippen LogP contribution in [0.2, 0.25) is 0 Å². The van der Waals surface area contributed by atoms with Gasteiger partial charge in [-0.3, -0.25) is 4.90 Å². The van der Waals surface area contributed by atoms with Crippen LogP contribution in [0.1, 0.15) is 111 Å². The van der Waals surface area contributed by atoms with Gasteiger partial charge in [0, 0.05) is 48.0 Å². The van der Waals surface area contributed by atoms with Crippen molar-refractivity contribution in [3.05, 3.63) is 196 Å². The van der Waals surface area contributed by atoms with E-state index in [2.05, 4.69) is 167 Å². The van der Waals surface area contributed by atoms with Crippen LogP contribution in [-0.2, 0) is 37.4 Å². The highest BCUT2D eigenvalue weighted by Gasteiger charge is 2.24. The molecule has 2 atom stereocenters. The summed E-state index contributed by atoms with van der Waals surface area (Å²) in [5.74, 6) is 3.84. The van der Waals surface area contributed by atoms with E-state index in [0.29, 0.717) is 44.3 Å². The molecule has 6 aromatic carbocycles. The van der Waals surface area contributed by atoms with Crippen LogP contribution in [-0.4, -0.2) is 72.5 Å². The minimum absolute atomic E-state index is 0.0947. The Bertz CT molecular complexity index is 2350. The fourth-order valence-corrected chi connectivity index (χ4v) is 9.59. The molecule has 0 aliphatic heterocycles. The molecular weight excluding hydrogens is 873 g/mol. The van der Waals surface area contributed by atoms with Gasteiger partial charge in [-0.25, -0.2) is 0 Å². The van der Waals surface area contributed by atoms with Crippen LogP contribution in [0.3, 0.4) is 0 Å². The van der Waals surface area contributed by atoms with E-state index in [1.165, 1.54) is 22.3 Å². The minimum Gasteiger partial charge on any atom is -0.493 e. The van der Waals surface area contributed by atoms with E-state index < -0.39 is 0 Å². The molecule has 69 heavy (non-hydrogen) atoms. The molecule has 2 N–H and O–H groups in total. The number of ether oxygens (including phenoxy) is 4. The van der Waals surface area contributed by atoms with Crippen molar-refractivity contribution in [3.8, 4) is 17.2 Å². The van der Waals surface area contributed by atoms with Gasteiger partial charge in [-0.1, -0.05) is 121 Å². The molecule has 0 amide bonds. The summed E-state index contributed by atoms with van der Waals surface area (Å²) in [6.07, 6.45) is 5.77. The maximum atomic E-state index is 10.4. The first-order valence-electron chi connectivity index (χ1n) is 25.1. The van der Waals surface area contributed by atoms with Gasteiger partial charge in [-0.05, 0) is 150 Å². The molecule has 0 spiro atoms. The van der Waals surface area contributed by atoms with Crippen LogP contribution in [0.15, 0.2) is 152 Å². The largest absolute Gasteiger partial charge is 0.493 e. The molecule has 0 saturated carbocycles. The second-order valence-electron chi connectivity index (χ2n) is 19.3. The Balaban J connectivity index is 1.07. The summed E-state index contributed by atoms with van der Waals surface area (Å²) in [4.78, 5) is 2.59. The molecule has 0 aliphatic carbocycles. The molecule has 0 radical (unpaired) electrons. The Labute approximate surface area is 419 Å². The third-order valence-corrected chi connectivity index (χ3v) is 13.6. The zero-order valence-electron chi connectivity index (χ0n) is 42.4. The smallest absolute Gasteiger partial charge is 0.125 e. The first-order chi connectivity index (χ1) is 33.5. The first kappa shape index (κ1) is 53.3. The summed E-state index contributed by atoms with van der Waals surface area (Å²) in [5.41, 5.74) is 8.94. The van der Waals surface area contributed by atoms with Gasteiger partial charge in [-0.15, -0.1) is 0 Å². The monoisotopic (exact) mass is 951 g/mol. The second kappa shape index (κ2) is 27.9. The van der Waals surface area contributed by atoms with E-state index in [1.807, 2.05) is 54.2 Å². The molecule has 8 heteroatoms. The second-order valence-corrected chi connectivity index (χ2v) is 20.3. The maximum absolute atomic E-state index is 10.4. The number of rotatable bonds is 30. The van der Waals surface area contributed by atoms with Crippen molar-refractivity contribution in [2.24, 2.45) is 0 Å². The summed E-state index contributed by atoms with van der Waals surface area (Å²) >= 11 is 1.84. The van der Waals surface area contributed by atoms with Crippen LogP contribution in [0.4, 0.5) is 0 Å². The Morgan fingerprint density at radius 3 is 1.87 bits per heavy atom. The van der Waals surface area contributed by atoms with Gasteiger partial charge in [0.05, 0.1) is 25.4 Å². The van der Waals surface area contributed by atoms with Crippen LogP contribution in [0, 0.1) is 0 Å². The molecule has 6 rings (SSSR count). The predicted octanol–water partition coefficient (Wildman–Crippen LogP) is 13.1. The average molecular weight is 951 g/mol. The average Bonchev–Trinajstić information content (AvgIpc) is 3.37. The van der Waals surface area contributed by atoms with Gasteiger partial charge < -0.3 is 29.4 Å². The maximum Gasteiger partial charge on any atom is 0.125 e. The third kappa shape index (κ3) is 17.4. The van der Waals surface area contributed by atoms with Crippen molar-refractivity contribution in [3.63, 3.8) is 0 Å². The Kier molecular flexibility index (Phi) is 21.6. The molecule has 0 aliphatic rings. The van der Waals surface area contributed by atoms with Gasteiger partial charge in [0.2, 0.25) is 0 Å². The Hall–Kier alpha value is -5.09. The van der Waals surface area contributed by atoms with E-state index >= 15 is 0 Å². The van der Waals surface area contributed by atoms with Gasteiger partial charge in [0.25, 0.3) is 0 Å². The van der Waals surface area contributed by atoms with Gasteiger partial charge in [0.15, 0.2) is 0 Å². The molecule has 0 bridgehead atoms. The van der Waals surface area contributed by atoms with Crippen molar-refractivity contribution < 1.29 is 24.1 Å². The lowest BCUT2D eigenvalue weighted by atomic mass is 9.86. The molecule has 0 saturated heterocycles. The van der Waals surface area contributed by atoms with E-state index in [-0.39, 0.29) is 24.0 Å². The van der Waals surface area contributed by atoms with Crippen LogP contribution < -0.4 is 19.5 Å². The number of aliphatic hydroxyl groups is 1.